The van der Waals surface area contributed by atoms with Crippen LogP contribution in [0.4, 0.5) is 0 Å². The monoisotopic (exact) mass is 902 g/mol. The molecular formula is C51H70N2O8S2. The number of hydrogen-bond acceptors (Lipinski definition) is 9. The highest BCUT2D eigenvalue weighted by Gasteiger charge is 2.45. The van der Waals surface area contributed by atoms with E-state index < -0.39 is 35.4 Å². The number of fused-ring (bicyclic) bond motifs is 4. The van der Waals surface area contributed by atoms with Crippen LogP contribution in [0.2, 0.25) is 0 Å². The van der Waals surface area contributed by atoms with Crippen LogP contribution < -0.4 is 14.8 Å². The Morgan fingerprint density at radius 3 is 1.86 bits per heavy atom. The Morgan fingerprint density at radius 1 is 0.825 bits per heavy atom. The highest BCUT2D eigenvalue weighted by atomic mass is 32.1. The molecule has 0 bridgehead atoms. The topological polar surface area (TPSA) is 152 Å². The largest absolute Gasteiger partial charge is 0.508 e. The van der Waals surface area contributed by atoms with Gasteiger partial charge >= 0.3 is 5.97 Å². The summed E-state index contributed by atoms with van der Waals surface area (Å²) in [7, 11) is 0. The second kappa shape index (κ2) is 21.2. The first-order valence-corrected chi connectivity index (χ1v) is 23.3. The fourth-order valence-electron chi connectivity index (χ4n) is 8.87. The van der Waals surface area contributed by atoms with Crippen molar-refractivity contribution in [2.45, 2.75) is 175 Å². The number of aliphatic carboxylic acids is 1. The van der Waals surface area contributed by atoms with Gasteiger partial charge in [-0.25, -0.2) is 4.79 Å². The summed E-state index contributed by atoms with van der Waals surface area (Å²) in [5.74, 6) is -0.0430. The van der Waals surface area contributed by atoms with Crippen molar-refractivity contribution in [3.05, 3.63) is 92.1 Å². The number of aromatic hydroxyl groups is 2. The average molecular weight is 903 g/mol. The molecule has 0 unspecified atom stereocenters. The van der Waals surface area contributed by atoms with Crippen molar-refractivity contribution in [1.29, 1.82) is 0 Å². The summed E-state index contributed by atoms with van der Waals surface area (Å²) < 4.78 is 13.2. The van der Waals surface area contributed by atoms with Gasteiger partial charge in [0.05, 0.1) is 12.2 Å². The van der Waals surface area contributed by atoms with E-state index in [0.717, 1.165) is 43.2 Å². The third kappa shape index (κ3) is 11.9. The number of allylic oxidation sites excluding steroid dienone is 8. The molecule has 2 aromatic rings. The predicted molar refractivity (Wildman–Crippen MR) is 259 cm³/mol. The molecule has 12 heteroatoms. The molecule has 5 atom stereocenters. The fourth-order valence-corrected chi connectivity index (χ4v) is 9.56. The first kappa shape index (κ1) is 49.8. The molecule has 0 amide bonds. The van der Waals surface area contributed by atoms with Gasteiger partial charge in [0.2, 0.25) is 0 Å². The van der Waals surface area contributed by atoms with E-state index in [-0.39, 0.29) is 37.3 Å². The van der Waals surface area contributed by atoms with Crippen molar-refractivity contribution >= 4 is 40.4 Å². The molecule has 10 nitrogen and oxygen atoms in total. The summed E-state index contributed by atoms with van der Waals surface area (Å²) >= 11 is 11.7. The number of carboxylic acid groups (broad SMARTS) is 1. The Balaban J connectivity index is 1.22. The highest BCUT2D eigenvalue weighted by molar-refractivity contribution is 7.81. The van der Waals surface area contributed by atoms with E-state index in [1.54, 1.807) is 17.0 Å². The zero-order valence-corrected chi connectivity index (χ0v) is 40.5. The van der Waals surface area contributed by atoms with E-state index in [1.165, 1.54) is 22.3 Å². The van der Waals surface area contributed by atoms with Crippen LogP contribution in [0.1, 0.15) is 153 Å². The van der Waals surface area contributed by atoms with Gasteiger partial charge in [-0.3, -0.25) is 0 Å². The molecule has 3 aliphatic heterocycles. The summed E-state index contributed by atoms with van der Waals surface area (Å²) in [4.78, 5) is 15.2. The predicted octanol–water partition coefficient (Wildman–Crippen LogP) is 10.2. The number of carbonyl (C=O) groups is 1. The van der Waals surface area contributed by atoms with E-state index in [4.69, 9.17) is 33.9 Å². The lowest BCUT2D eigenvalue weighted by atomic mass is 9.84. The maximum atomic E-state index is 12.8. The van der Waals surface area contributed by atoms with Crippen LogP contribution >= 0.6 is 24.4 Å². The molecule has 0 spiro atoms. The van der Waals surface area contributed by atoms with Gasteiger partial charge in [-0.15, -0.1) is 0 Å². The number of aliphatic hydroxyl groups is 2. The first-order chi connectivity index (χ1) is 29.7. The molecule has 0 aliphatic carbocycles. The fraction of sp³-hybridized carbons (Fsp3) is 0.549. The summed E-state index contributed by atoms with van der Waals surface area (Å²) in [5.41, 5.74) is 7.11. The van der Waals surface area contributed by atoms with Crippen LogP contribution in [0.25, 0.3) is 0 Å². The number of carboxylic acids is 1. The van der Waals surface area contributed by atoms with Crippen molar-refractivity contribution in [2.24, 2.45) is 0 Å². The molecule has 6 N–H and O–H groups in total. The normalized spacial score (nSPS) is 22.3. The van der Waals surface area contributed by atoms with Crippen LogP contribution in [0, 0.1) is 6.92 Å². The molecule has 344 valence electrons. The number of phenols is 2. The number of rotatable bonds is 19. The molecule has 0 radical (unpaired) electrons. The summed E-state index contributed by atoms with van der Waals surface area (Å²) in [6.45, 7) is 18.9. The van der Waals surface area contributed by atoms with Crippen LogP contribution in [0.3, 0.4) is 0 Å². The Labute approximate surface area is 385 Å². The minimum Gasteiger partial charge on any atom is -0.508 e. The molecule has 0 saturated heterocycles. The van der Waals surface area contributed by atoms with Crippen LogP contribution in [-0.4, -0.2) is 82.4 Å². The lowest BCUT2D eigenvalue weighted by Gasteiger charge is -2.41. The number of thiocarbonyl (C=S) groups is 2. The molecule has 0 aromatic heterocycles. The third-order valence-electron chi connectivity index (χ3n) is 13.1. The molecule has 0 fully saturated rings. The number of nitrogens with zero attached hydrogens (tertiary/aromatic N) is 1. The number of phenolic OH excluding ortho intramolecular Hbond substituents is 2. The van der Waals surface area contributed by atoms with E-state index in [2.05, 4.69) is 71.2 Å². The SMILES string of the molecule is CC(C)=CCC/C(C)=C/CC[C@@]1(C)Oc2c(C)c(C(=S)NCCC[C@@H](C(=O)O)N3Cc4c(cc(O)c5c4O[C@](C)(CC/C=C(\C)CCC=C(C)C)[C@@H](O)C5)C3=S)cc(O)c2C[C@@H]1O. The third-order valence-corrected chi connectivity index (χ3v) is 13.9. The van der Waals surface area contributed by atoms with Gasteiger partial charge in [0.1, 0.15) is 50.2 Å². The second-order valence-corrected chi connectivity index (χ2v) is 19.7. The van der Waals surface area contributed by atoms with E-state index >= 15 is 0 Å². The van der Waals surface area contributed by atoms with Crippen molar-refractivity contribution in [3.8, 4) is 23.0 Å². The van der Waals surface area contributed by atoms with Crippen LogP contribution in [0.15, 0.2) is 58.7 Å². The Morgan fingerprint density at radius 2 is 1.33 bits per heavy atom. The lowest BCUT2D eigenvalue weighted by molar-refractivity contribution is -0.142. The molecule has 2 aromatic carbocycles. The molecule has 3 heterocycles. The summed E-state index contributed by atoms with van der Waals surface area (Å²) in [6, 6.07) is 2.22. The van der Waals surface area contributed by atoms with E-state index in [9.17, 15) is 30.3 Å². The number of aliphatic hydroxyl groups excluding tert-OH is 2. The maximum Gasteiger partial charge on any atom is 0.326 e. The Hall–Kier alpha value is -4.23. The molecule has 0 saturated carbocycles. The number of ether oxygens (including phenoxy) is 2. The van der Waals surface area contributed by atoms with Crippen LogP contribution in [0.5, 0.6) is 23.0 Å². The minimum absolute atomic E-state index is 0.00334. The minimum atomic E-state index is -1.02. The zero-order chi connectivity index (χ0) is 46.4. The number of benzene rings is 2. The van der Waals surface area contributed by atoms with Crippen molar-refractivity contribution < 1.29 is 39.8 Å². The quantitative estimate of drug-likeness (QED) is 0.0452. The van der Waals surface area contributed by atoms with Crippen molar-refractivity contribution in [1.82, 2.24) is 10.2 Å². The standard InChI is InChI=1S/C51H70N2O8S2/c1-30(2)15-10-17-32(5)19-12-22-50(8)43(56)27-37-41(54)25-35(34(7)45(37)60-50)47(62)52-24-14-21-40(49(58)59)53-29-39-36(48(53)63)26-42(55)38-28-44(57)51(9,61-46(38)39)23-13-20-33(6)18-11-16-31(3)4/h15-16,19-20,25-26,40,43-44,54-57H,10-14,17-18,21-24,27-29H2,1-9H3,(H,52,62)(H,58,59)/b32-19+,33-20+/t40-,43-,44-,50+,51+/m0/s1. The summed E-state index contributed by atoms with van der Waals surface area (Å²) in [5, 5.41) is 58.4. The summed E-state index contributed by atoms with van der Waals surface area (Å²) in [6.07, 6.45) is 14.9. The van der Waals surface area contributed by atoms with E-state index in [0.29, 0.717) is 76.0 Å². The lowest BCUT2D eigenvalue weighted by Crippen LogP contribution is -2.49. The maximum absolute atomic E-state index is 12.8. The van der Waals surface area contributed by atoms with Gasteiger partial charge in [0.15, 0.2) is 0 Å². The van der Waals surface area contributed by atoms with Crippen LogP contribution in [-0.2, 0) is 24.2 Å². The molecule has 63 heavy (non-hydrogen) atoms. The number of hydrogen-bond donors (Lipinski definition) is 6. The van der Waals surface area contributed by atoms with E-state index in [1.807, 2.05) is 20.8 Å². The average Bonchev–Trinajstić information content (AvgIpc) is 3.52. The second-order valence-electron chi connectivity index (χ2n) is 18.9. The van der Waals surface area contributed by atoms with Gasteiger partial charge < -0.3 is 45.2 Å². The smallest absolute Gasteiger partial charge is 0.326 e. The Bertz CT molecular complexity index is 2180. The number of nitrogens with one attached hydrogen (secondary N) is 1. The first-order valence-electron chi connectivity index (χ1n) is 22.5. The Kier molecular flexibility index (Phi) is 16.7. The molecule has 3 aliphatic rings. The zero-order valence-electron chi connectivity index (χ0n) is 38.8. The van der Waals surface area contributed by atoms with Gasteiger partial charge in [-0.1, -0.05) is 71.0 Å². The highest BCUT2D eigenvalue weighted by Crippen LogP contribution is 2.47. The molecule has 5 rings (SSSR count). The van der Waals surface area contributed by atoms with Gasteiger partial charge in [-0.05, 0) is 139 Å². The molecular weight excluding hydrogens is 833 g/mol. The van der Waals surface area contributed by atoms with Crippen molar-refractivity contribution in [2.75, 3.05) is 6.54 Å². The van der Waals surface area contributed by atoms with Crippen molar-refractivity contribution in [3.63, 3.8) is 0 Å². The van der Waals surface area contributed by atoms with Gasteiger partial charge in [0.25, 0.3) is 0 Å². The van der Waals surface area contributed by atoms with Gasteiger partial charge in [-0.2, -0.15) is 0 Å². The van der Waals surface area contributed by atoms with Gasteiger partial charge in [0, 0.05) is 59.3 Å².